The normalized spacial score (nSPS) is 12.2. The predicted octanol–water partition coefficient (Wildman–Crippen LogP) is 3.45. The number of carbonyl (C=O) groups is 3. The van der Waals surface area contributed by atoms with Crippen LogP contribution in [0, 0.1) is 0 Å². The summed E-state index contributed by atoms with van der Waals surface area (Å²) in [6.07, 6.45) is 3.13. The monoisotopic (exact) mass is 394 g/mol. The summed E-state index contributed by atoms with van der Waals surface area (Å²) in [5, 5.41) is 2.67. The molecular weight excluding hydrogens is 368 g/mol. The van der Waals surface area contributed by atoms with E-state index < -0.39 is 11.9 Å². The zero-order valence-corrected chi connectivity index (χ0v) is 16.9. The van der Waals surface area contributed by atoms with Crippen LogP contribution in [0.2, 0.25) is 0 Å². The van der Waals surface area contributed by atoms with Crippen molar-refractivity contribution in [2.75, 3.05) is 25.0 Å². The van der Waals surface area contributed by atoms with Crippen molar-refractivity contribution in [3.05, 3.63) is 64.7 Å². The lowest BCUT2D eigenvalue weighted by atomic mass is 10.1. The molecular formula is C23H26N2O4. The Labute approximate surface area is 170 Å². The average Bonchev–Trinajstić information content (AvgIpc) is 3.21. The molecule has 0 saturated carbocycles. The molecule has 1 aliphatic rings. The minimum atomic E-state index is -0.505. The summed E-state index contributed by atoms with van der Waals surface area (Å²) in [7, 11) is 0. The van der Waals surface area contributed by atoms with Crippen LogP contribution in [0.4, 0.5) is 5.69 Å². The number of hydrogen-bond donors (Lipinski definition) is 1. The van der Waals surface area contributed by atoms with Crippen molar-refractivity contribution in [3.8, 4) is 0 Å². The number of rotatable bonds is 7. The lowest BCUT2D eigenvalue weighted by molar-refractivity contribution is -0.119. The molecule has 152 valence electrons. The van der Waals surface area contributed by atoms with Crippen molar-refractivity contribution in [2.24, 2.45) is 0 Å². The van der Waals surface area contributed by atoms with Crippen molar-refractivity contribution in [3.63, 3.8) is 0 Å². The van der Waals surface area contributed by atoms with E-state index in [1.165, 1.54) is 11.1 Å². The third-order valence-corrected chi connectivity index (χ3v) is 5.13. The maximum Gasteiger partial charge on any atom is 0.338 e. The number of amides is 2. The maximum absolute atomic E-state index is 12.3. The van der Waals surface area contributed by atoms with Crippen molar-refractivity contribution < 1.29 is 19.1 Å². The summed E-state index contributed by atoms with van der Waals surface area (Å²) in [6, 6.07) is 12.2. The van der Waals surface area contributed by atoms with Gasteiger partial charge in [-0.15, -0.1) is 0 Å². The Morgan fingerprint density at radius 1 is 0.931 bits per heavy atom. The summed E-state index contributed by atoms with van der Waals surface area (Å²) in [5.74, 6) is -0.978. The van der Waals surface area contributed by atoms with Gasteiger partial charge in [-0.05, 0) is 80.6 Å². The molecule has 0 aliphatic heterocycles. The van der Waals surface area contributed by atoms with Crippen LogP contribution in [0.1, 0.15) is 52.1 Å². The van der Waals surface area contributed by atoms with Crippen LogP contribution in [-0.4, -0.2) is 42.4 Å². The van der Waals surface area contributed by atoms with E-state index in [4.69, 9.17) is 4.74 Å². The lowest BCUT2D eigenvalue weighted by Crippen LogP contribution is -2.30. The van der Waals surface area contributed by atoms with Gasteiger partial charge in [0.1, 0.15) is 0 Å². The molecule has 2 amide bonds. The predicted molar refractivity (Wildman–Crippen MR) is 111 cm³/mol. The average molecular weight is 394 g/mol. The lowest BCUT2D eigenvalue weighted by Gasteiger charge is -2.18. The second-order valence-corrected chi connectivity index (χ2v) is 7.02. The molecule has 2 aromatic carbocycles. The Balaban J connectivity index is 1.51. The van der Waals surface area contributed by atoms with Crippen molar-refractivity contribution in [1.82, 2.24) is 4.90 Å². The summed E-state index contributed by atoms with van der Waals surface area (Å²) in [4.78, 5) is 38.3. The molecule has 0 spiro atoms. The van der Waals surface area contributed by atoms with Gasteiger partial charge in [0, 0.05) is 24.3 Å². The maximum atomic E-state index is 12.3. The van der Waals surface area contributed by atoms with E-state index in [2.05, 4.69) is 5.32 Å². The number of ether oxygens (including phenoxy) is 1. The zero-order valence-electron chi connectivity index (χ0n) is 16.9. The molecule has 6 heteroatoms. The number of nitrogens with one attached hydrogen (secondary N) is 1. The molecule has 6 nitrogen and oxygen atoms in total. The zero-order chi connectivity index (χ0) is 20.8. The fourth-order valence-corrected chi connectivity index (χ4v) is 3.50. The second-order valence-electron chi connectivity index (χ2n) is 7.02. The number of anilines is 1. The molecule has 29 heavy (non-hydrogen) atoms. The van der Waals surface area contributed by atoms with Crippen LogP contribution in [0.25, 0.3) is 0 Å². The summed E-state index contributed by atoms with van der Waals surface area (Å²) < 4.78 is 5.13. The first kappa shape index (κ1) is 20.6. The summed E-state index contributed by atoms with van der Waals surface area (Å²) in [5.41, 5.74) is 4.04. The number of aryl methyl sites for hydroxylation is 2. The Morgan fingerprint density at radius 2 is 1.59 bits per heavy atom. The van der Waals surface area contributed by atoms with Crippen molar-refractivity contribution in [2.45, 2.75) is 33.1 Å². The molecule has 1 aliphatic carbocycles. The quantitative estimate of drug-likeness (QED) is 0.730. The highest BCUT2D eigenvalue weighted by atomic mass is 16.5. The van der Waals surface area contributed by atoms with E-state index in [0.29, 0.717) is 29.9 Å². The Bertz CT molecular complexity index is 902. The van der Waals surface area contributed by atoms with Gasteiger partial charge in [-0.25, -0.2) is 4.79 Å². The standard InChI is InChI=1S/C23H26N2O4/c1-3-25(4-2)22(27)17-10-12-20(13-11-17)24-21(26)15-29-23(28)19-9-8-16-6-5-7-18(16)14-19/h8-14H,3-7,15H2,1-2H3,(H,24,26). The van der Waals surface area contributed by atoms with Gasteiger partial charge >= 0.3 is 5.97 Å². The van der Waals surface area contributed by atoms with E-state index in [1.54, 1.807) is 35.2 Å². The number of benzene rings is 2. The van der Waals surface area contributed by atoms with E-state index in [0.717, 1.165) is 19.3 Å². The van der Waals surface area contributed by atoms with Crippen molar-refractivity contribution >= 4 is 23.5 Å². The molecule has 0 heterocycles. The van der Waals surface area contributed by atoms with Gasteiger partial charge in [0.25, 0.3) is 11.8 Å². The van der Waals surface area contributed by atoms with Gasteiger partial charge in [0.15, 0.2) is 6.61 Å². The Kier molecular flexibility index (Phi) is 6.65. The number of nitrogens with zero attached hydrogens (tertiary/aromatic N) is 1. The molecule has 0 aromatic heterocycles. The second kappa shape index (κ2) is 9.37. The van der Waals surface area contributed by atoms with Gasteiger partial charge in [0.05, 0.1) is 5.56 Å². The van der Waals surface area contributed by atoms with Gasteiger partial charge in [-0.3, -0.25) is 9.59 Å². The van der Waals surface area contributed by atoms with Crippen LogP contribution < -0.4 is 5.32 Å². The highest BCUT2D eigenvalue weighted by Crippen LogP contribution is 2.23. The highest BCUT2D eigenvalue weighted by Gasteiger charge is 2.16. The molecule has 0 radical (unpaired) electrons. The van der Waals surface area contributed by atoms with Crippen LogP contribution in [-0.2, 0) is 22.4 Å². The number of fused-ring (bicyclic) bond motifs is 1. The van der Waals surface area contributed by atoms with E-state index in [1.807, 2.05) is 26.0 Å². The molecule has 0 atom stereocenters. The van der Waals surface area contributed by atoms with Crippen LogP contribution >= 0.6 is 0 Å². The molecule has 3 rings (SSSR count). The first-order chi connectivity index (χ1) is 14.0. The molecule has 0 bridgehead atoms. The highest BCUT2D eigenvalue weighted by molar-refractivity contribution is 5.97. The van der Waals surface area contributed by atoms with Crippen LogP contribution in [0.5, 0.6) is 0 Å². The largest absolute Gasteiger partial charge is 0.452 e. The third kappa shape index (κ3) is 5.02. The first-order valence-corrected chi connectivity index (χ1v) is 10.00. The van der Waals surface area contributed by atoms with Gasteiger partial charge in [-0.2, -0.15) is 0 Å². The van der Waals surface area contributed by atoms with E-state index in [9.17, 15) is 14.4 Å². The molecule has 1 N–H and O–H groups in total. The number of hydrogen-bond acceptors (Lipinski definition) is 4. The smallest absolute Gasteiger partial charge is 0.338 e. The first-order valence-electron chi connectivity index (χ1n) is 10.00. The topological polar surface area (TPSA) is 75.7 Å². The fraction of sp³-hybridized carbons (Fsp3) is 0.348. The van der Waals surface area contributed by atoms with Gasteiger partial charge in [0.2, 0.25) is 0 Å². The van der Waals surface area contributed by atoms with E-state index >= 15 is 0 Å². The van der Waals surface area contributed by atoms with Crippen molar-refractivity contribution in [1.29, 1.82) is 0 Å². The Hall–Kier alpha value is -3.15. The molecule has 2 aromatic rings. The fourth-order valence-electron chi connectivity index (χ4n) is 3.50. The molecule has 0 fully saturated rings. The molecule has 0 saturated heterocycles. The SMILES string of the molecule is CCN(CC)C(=O)c1ccc(NC(=O)COC(=O)c2ccc3c(c2)CCC3)cc1. The van der Waals surface area contributed by atoms with Gasteiger partial charge < -0.3 is 15.0 Å². The summed E-state index contributed by atoms with van der Waals surface area (Å²) in [6.45, 7) is 4.78. The van der Waals surface area contributed by atoms with Crippen LogP contribution in [0.3, 0.4) is 0 Å². The minimum absolute atomic E-state index is 0.0452. The third-order valence-electron chi connectivity index (χ3n) is 5.13. The Morgan fingerprint density at radius 3 is 2.28 bits per heavy atom. The van der Waals surface area contributed by atoms with Crippen LogP contribution in [0.15, 0.2) is 42.5 Å². The molecule has 0 unspecified atom stereocenters. The van der Waals surface area contributed by atoms with E-state index in [-0.39, 0.29) is 12.5 Å². The minimum Gasteiger partial charge on any atom is -0.452 e. The number of carbonyl (C=O) groups excluding carboxylic acids is 3. The summed E-state index contributed by atoms with van der Waals surface area (Å²) >= 11 is 0. The van der Waals surface area contributed by atoms with Gasteiger partial charge in [-0.1, -0.05) is 6.07 Å². The number of esters is 1.